The Morgan fingerprint density at radius 2 is 2.43 bits per heavy atom. The lowest BCUT2D eigenvalue weighted by atomic mass is 10.4. The summed E-state index contributed by atoms with van der Waals surface area (Å²) in [6.07, 6.45) is 2.54. The second-order valence-electron chi connectivity index (χ2n) is 3.08. The van der Waals surface area contributed by atoms with Gasteiger partial charge in [-0.1, -0.05) is 6.92 Å². The van der Waals surface area contributed by atoms with Crippen LogP contribution >= 0.6 is 11.6 Å². The van der Waals surface area contributed by atoms with Crippen LogP contribution in [0.4, 0.5) is 0 Å². The number of hydrogen-bond acceptors (Lipinski definition) is 2. The highest BCUT2D eigenvalue weighted by Gasteiger charge is 2.08. The van der Waals surface area contributed by atoms with Gasteiger partial charge in [0.1, 0.15) is 5.52 Å². The summed E-state index contributed by atoms with van der Waals surface area (Å²) in [7, 11) is 0. The predicted molar refractivity (Wildman–Crippen MR) is 55.7 cm³/mol. The lowest BCUT2D eigenvalue weighted by Gasteiger charge is -2.05. The Labute approximate surface area is 85.5 Å². The minimum atomic E-state index is -0.105. The molecule has 74 valence electrons. The fraction of sp³-hybridized carbons (Fsp3) is 0.333. The first kappa shape index (κ1) is 9.27. The minimum absolute atomic E-state index is 0.105. The van der Waals surface area contributed by atoms with Crippen LogP contribution < -0.4 is 5.56 Å². The van der Waals surface area contributed by atoms with E-state index in [1.807, 2.05) is 6.92 Å². The third-order valence-corrected chi connectivity index (χ3v) is 2.36. The molecule has 5 heteroatoms. The summed E-state index contributed by atoms with van der Waals surface area (Å²) in [5.74, 6) is 0. The molecule has 0 unspecified atom stereocenters. The number of nitrogens with one attached hydrogen (secondary N) is 1. The molecular formula is C9H10ClN3O. The van der Waals surface area contributed by atoms with Crippen LogP contribution in [-0.2, 0) is 6.54 Å². The van der Waals surface area contributed by atoms with Crippen LogP contribution in [0, 0.1) is 0 Å². The zero-order valence-electron chi connectivity index (χ0n) is 7.75. The average molecular weight is 212 g/mol. The molecule has 0 bridgehead atoms. The summed E-state index contributed by atoms with van der Waals surface area (Å²) in [6.45, 7) is 2.58. The van der Waals surface area contributed by atoms with Gasteiger partial charge in [0.25, 0.3) is 5.56 Å². The molecule has 1 N–H and O–H groups in total. The maximum Gasteiger partial charge on any atom is 0.278 e. The molecule has 0 fully saturated rings. The van der Waals surface area contributed by atoms with Crippen LogP contribution in [-0.4, -0.2) is 14.5 Å². The van der Waals surface area contributed by atoms with Crippen LogP contribution in [0.25, 0.3) is 11.0 Å². The maximum atomic E-state index is 11.8. The van der Waals surface area contributed by atoms with Crippen LogP contribution in [0.1, 0.15) is 13.3 Å². The molecule has 0 atom stereocenters. The average Bonchev–Trinajstić information content (AvgIpc) is 2.60. The Morgan fingerprint density at radius 1 is 1.64 bits per heavy atom. The van der Waals surface area contributed by atoms with Gasteiger partial charge in [-0.15, -0.1) is 0 Å². The summed E-state index contributed by atoms with van der Waals surface area (Å²) in [4.78, 5) is 18.8. The normalized spacial score (nSPS) is 11.0. The Morgan fingerprint density at radius 3 is 3.14 bits per heavy atom. The van der Waals surface area contributed by atoms with E-state index in [-0.39, 0.29) is 10.8 Å². The predicted octanol–water partition coefficient (Wildman–Crippen LogP) is 1.79. The lowest BCUT2D eigenvalue weighted by Crippen LogP contribution is -2.21. The molecule has 0 spiro atoms. The topological polar surface area (TPSA) is 50.7 Å². The Balaban J connectivity index is 2.76. The Kier molecular flexibility index (Phi) is 2.29. The van der Waals surface area contributed by atoms with E-state index in [2.05, 4.69) is 9.97 Å². The summed E-state index contributed by atoms with van der Waals surface area (Å²) in [5.41, 5.74) is 1.03. The molecule has 4 nitrogen and oxygen atoms in total. The van der Waals surface area contributed by atoms with Gasteiger partial charge in [0, 0.05) is 12.7 Å². The number of rotatable bonds is 2. The van der Waals surface area contributed by atoms with Gasteiger partial charge in [0.2, 0.25) is 5.28 Å². The molecule has 0 aliphatic carbocycles. The monoisotopic (exact) mass is 211 g/mol. The van der Waals surface area contributed by atoms with Gasteiger partial charge in [-0.2, -0.15) is 0 Å². The molecule has 0 amide bonds. The Hall–Kier alpha value is -1.29. The van der Waals surface area contributed by atoms with Gasteiger partial charge in [-0.25, -0.2) is 4.98 Å². The molecule has 14 heavy (non-hydrogen) atoms. The van der Waals surface area contributed by atoms with Gasteiger partial charge < -0.3 is 4.98 Å². The molecule has 2 aromatic heterocycles. The van der Waals surface area contributed by atoms with E-state index in [1.165, 1.54) is 4.57 Å². The summed E-state index contributed by atoms with van der Waals surface area (Å²) in [6, 6.07) is 1.74. The van der Waals surface area contributed by atoms with Crippen molar-refractivity contribution in [2.24, 2.45) is 0 Å². The minimum Gasteiger partial charge on any atom is -0.355 e. The number of halogens is 1. The number of nitrogens with zero attached hydrogens (tertiary/aromatic N) is 2. The summed E-state index contributed by atoms with van der Waals surface area (Å²) in [5, 5.41) is 0.254. The first-order valence-corrected chi connectivity index (χ1v) is 4.85. The van der Waals surface area contributed by atoms with Gasteiger partial charge in [-0.3, -0.25) is 9.36 Å². The quantitative estimate of drug-likeness (QED) is 0.770. The second kappa shape index (κ2) is 3.46. The molecular weight excluding hydrogens is 202 g/mol. The number of fused-ring (bicyclic) bond motifs is 1. The summed E-state index contributed by atoms with van der Waals surface area (Å²) >= 11 is 5.88. The third kappa shape index (κ3) is 1.32. The zero-order chi connectivity index (χ0) is 10.1. The molecule has 0 saturated carbocycles. The lowest BCUT2D eigenvalue weighted by molar-refractivity contribution is 0.648. The molecule has 2 aromatic rings. The number of H-pyrrole nitrogens is 1. The van der Waals surface area contributed by atoms with Gasteiger partial charge in [-0.05, 0) is 24.1 Å². The van der Waals surface area contributed by atoms with Crippen molar-refractivity contribution < 1.29 is 0 Å². The van der Waals surface area contributed by atoms with E-state index in [4.69, 9.17) is 11.6 Å². The smallest absolute Gasteiger partial charge is 0.278 e. The fourth-order valence-corrected chi connectivity index (χ4v) is 1.67. The zero-order valence-corrected chi connectivity index (χ0v) is 8.51. The highest BCUT2D eigenvalue weighted by Crippen LogP contribution is 2.09. The third-order valence-electron chi connectivity index (χ3n) is 2.07. The molecule has 0 radical (unpaired) electrons. The van der Waals surface area contributed by atoms with Crippen LogP contribution in [0.2, 0.25) is 5.28 Å². The molecule has 0 aromatic carbocycles. The molecule has 2 rings (SSSR count). The van der Waals surface area contributed by atoms with Crippen molar-refractivity contribution in [3.8, 4) is 0 Å². The SMILES string of the molecule is CCCn1c(Cl)nc2cc[nH]c2c1=O. The van der Waals surface area contributed by atoms with E-state index in [0.717, 1.165) is 6.42 Å². The number of hydrogen-bond donors (Lipinski definition) is 1. The standard InChI is InChI=1S/C9H10ClN3O/c1-2-5-13-8(14)7-6(3-4-11-7)12-9(13)10/h3-4,11H,2,5H2,1H3. The van der Waals surface area contributed by atoms with Crippen molar-refractivity contribution in [1.29, 1.82) is 0 Å². The first-order chi connectivity index (χ1) is 6.74. The van der Waals surface area contributed by atoms with Crippen LogP contribution in [0.5, 0.6) is 0 Å². The molecule has 0 aliphatic heterocycles. The van der Waals surface area contributed by atoms with Gasteiger partial charge in [0.05, 0.1) is 5.52 Å². The van der Waals surface area contributed by atoms with E-state index in [0.29, 0.717) is 17.6 Å². The number of aromatic amines is 1. The highest BCUT2D eigenvalue weighted by atomic mass is 35.5. The van der Waals surface area contributed by atoms with Gasteiger partial charge in [0.15, 0.2) is 0 Å². The first-order valence-electron chi connectivity index (χ1n) is 4.47. The largest absolute Gasteiger partial charge is 0.355 e. The van der Waals surface area contributed by atoms with E-state index < -0.39 is 0 Å². The molecule has 2 heterocycles. The van der Waals surface area contributed by atoms with Crippen molar-refractivity contribution in [3.05, 3.63) is 27.9 Å². The van der Waals surface area contributed by atoms with E-state index >= 15 is 0 Å². The van der Waals surface area contributed by atoms with Gasteiger partial charge >= 0.3 is 0 Å². The second-order valence-corrected chi connectivity index (χ2v) is 3.41. The van der Waals surface area contributed by atoms with Crippen molar-refractivity contribution in [1.82, 2.24) is 14.5 Å². The summed E-state index contributed by atoms with van der Waals surface area (Å²) < 4.78 is 1.47. The molecule has 0 saturated heterocycles. The van der Waals surface area contributed by atoms with Crippen molar-refractivity contribution in [3.63, 3.8) is 0 Å². The highest BCUT2D eigenvalue weighted by molar-refractivity contribution is 6.28. The number of aromatic nitrogens is 3. The van der Waals surface area contributed by atoms with Crippen molar-refractivity contribution in [2.75, 3.05) is 0 Å². The maximum absolute atomic E-state index is 11.8. The van der Waals surface area contributed by atoms with Crippen molar-refractivity contribution >= 4 is 22.6 Å². The van der Waals surface area contributed by atoms with E-state index in [1.54, 1.807) is 12.3 Å². The van der Waals surface area contributed by atoms with E-state index in [9.17, 15) is 4.79 Å². The van der Waals surface area contributed by atoms with Crippen LogP contribution in [0.15, 0.2) is 17.1 Å². The fourth-order valence-electron chi connectivity index (χ4n) is 1.42. The van der Waals surface area contributed by atoms with Crippen LogP contribution in [0.3, 0.4) is 0 Å². The Bertz CT molecular complexity index is 514. The molecule has 0 aliphatic rings. The van der Waals surface area contributed by atoms with Crippen molar-refractivity contribution in [2.45, 2.75) is 19.9 Å².